The summed E-state index contributed by atoms with van der Waals surface area (Å²) in [6.45, 7) is 5.35. The molecule has 2 aromatic heterocycles. The highest BCUT2D eigenvalue weighted by Gasteiger charge is 2.32. The van der Waals surface area contributed by atoms with Crippen LogP contribution in [0.1, 0.15) is 42.2 Å². The molecule has 1 aliphatic heterocycles. The highest BCUT2D eigenvalue weighted by atomic mass is 16.2. The monoisotopic (exact) mass is 393 g/mol. The molecule has 2 amide bonds. The lowest BCUT2D eigenvalue weighted by molar-refractivity contribution is -0.128. The van der Waals surface area contributed by atoms with Crippen molar-refractivity contribution in [3.8, 4) is 0 Å². The highest BCUT2D eigenvalue weighted by Crippen LogP contribution is 2.27. The van der Waals surface area contributed by atoms with Crippen LogP contribution in [-0.2, 0) is 4.79 Å². The number of aromatic amines is 1. The predicted molar refractivity (Wildman–Crippen MR) is 109 cm³/mol. The third-order valence-electron chi connectivity index (χ3n) is 5.01. The second kappa shape index (κ2) is 7.54. The van der Waals surface area contributed by atoms with Crippen LogP contribution < -0.4 is 10.9 Å². The minimum Gasteiger partial charge on any atom is -0.342 e. The van der Waals surface area contributed by atoms with E-state index in [1.807, 2.05) is 23.1 Å². The van der Waals surface area contributed by atoms with E-state index in [0.717, 1.165) is 0 Å². The molecule has 8 heteroatoms. The number of nitrogens with one attached hydrogen (secondary N) is 2. The zero-order chi connectivity index (χ0) is 20.5. The van der Waals surface area contributed by atoms with E-state index in [2.05, 4.69) is 29.2 Å². The summed E-state index contributed by atoms with van der Waals surface area (Å²) in [5.41, 5.74) is 1.43. The zero-order valence-electron chi connectivity index (χ0n) is 16.4. The van der Waals surface area contributed by atoms with Gasteiger partial charge in [-0.15, -0.1) is 0 Å². The van der Waals surface area contributed by atoms with Gasteiger partial charge >= 0.3 is 0 Å². The van der Waals surface area contributed by atoms with Crippen molar-refractivity contribution in [1.29, 1.82) is 0 Å². The van der Waals surface area contributed by atoms with Crippen molar-refractivity contribution in [2.24, 2.45) is 5.92 Å². The number of likely N-dealkylation sites (tertiary alicyclic amines) is 1. The number of hydrogen-bond donors (Lipinski definition) is 2. The van der Waals surface area contributed by atoms with E-state index in [1.54, 1.807) is 12.1 Å². The molecule has 1 atom stereocenters. The Morgan fingerprint density at radius 3 is 2.76 bits per heavy atom. The van der Waals surface area contributed by atoms with Gasteiger partial charge in [-0.3, -0.25) is 19.5 Å². The molecule has 0 bridgehead atoms. The molecule has 2 N–H and O–H groups in total. The van der Waals surface area contributed by atoms with Crippen LogP contribution in [-0.4, -0.2) is 44.4 Å². The lowest BCUT2D eigenvalue weighted by Gasteiger charge is -2.18. The number of para-hydroxylation sites is 1. The van der Waals surface area contributed by atoms with Gasteiger partial charge in [0.15, 0.2) is 5.65 Å². The average Bonchev–Trinajstić information content (AvgIpc) is 3.26. The number of rotatable bonds is 5. The second-order valence-electron chi connectivity index (χ2n) is 7.78. The number of aromatic nitrogens is 3. The molecule has 1 unspecified atom stereocenters. The summed E-state index contributed by atoms with van der Waals surface area (Å²) >= 11 is 0. The van der Waals surface area contributed by atoms with E-state index < -0.39 is 0 Å². The molecule has 0 radical (unpaired) electrons. The Morgan fingerprint density at radius 2 is 2.03 bits per heavy atom. The summed E-state index contributed by atoms with van der Waals surface area (Å²) in [6.07, 6.45) is 1.79. The van der Waals surface area contributed by atoms with Crippen LogP contribution in [0.25, 0.3) is 5.65 Å². The molecule has 3 aromatic rings. The van der Waals surface area contributed by atoms with E-state index in [4.69, 9.17) is 0 Å². The molecular weight excluding hydrogens is 370 g/mol. The summed E-state index contributed by atoms with van der Waals surface area (Å²) in [6, 6.07) is 10.5. The Balaban J connectivity index is 1.64. The summed E-state index contributed by atoms with van der Waals surface area (Å²) in [5.74, 6) is -0.0691. The quantitative estimate of drug-likeness (QED) is 0.694. The molecule has 1 aromatic carbocycles. The molecular formula is C21H23N5O3. The molecule has 1 saturated heterocycles. The standard InChI is InChI=1S/C21H23N5O3/c1-13(2)11-25-12-14(8-18(25)27)17-9-19(28)26-20(24-17)16(10-22-26)21(29)23-15-6-4-3-5-7-15/h3-7,9-10,13-14,22H,8,11-12H2,1-2H3,(H,23,29). The number of nitrogens with zero attached hydrogens (tertiary/aromatic N) is 3. The number of H-pyrrole nitrogens is 1. The topological polar surface area (TPSA) is 99.6 Å². The molecule has 3 heterocycles. The van der Waals surface area contributed by atoms with Crippen molar-refractivity contribution in [1.82, 2.24) is 19.5 Å². The number of benzene rings is 1. The van der Waals surface area contributed by atoms with Gasteiger partial charge in [0.1, 0.15) is 5.56 Å². The van der Waals surface area contributed by atoms with Crippen molar-refractivity contribution in [2.75, 3.05) is 18.4 Å². The van der Waals surface area contributed by atoms with Gasteiger partial charge in [-0.2, -0.15) is 0 Å². The van der Waals surface area contributed by atoms with Gasteiger partial charge in [0.05, 0.1) is 5.69 Å². The Kier molecular flexibility index (Phi) is 4.92. The second-order valence-corrected chi connectivity index (χ2v) is 7.78. The van der Waals surface area contributed by atoms with E-state index in [0.29, 0.717) is 36.8 Å². The minimum absolute atomic E-state index is 0.0711. The maximum Gasteiger partial charge on any atom is 0.272 e. The molecule has 1 fully saturated rings. The van der Waals surface area contributed by atoms with Crippen LogP contribution in [0.3, 0.4) is 0 Å². The summed E-state index contributed by atoms with van der Waals surface area (Å²) in [7, 11) is 0. The molecule has 0 spiro atoms. The van der Waals surface area contributed by atoms with Gasteiger partial charge < -0.3 is 10.2 Å². The number of hydrogen-bond acceptors (Lipinski definition) is 4. The largest absolute Gasteiger partial charge is 0.342 e. The first-order valence-electron chi connectivity index (χ1n) is 9.67. The number of fused-ring (bicyclic) bond motifs is 1. The number of anilines is 1. The van der Waals surface area contributed by atoms with Crippen molar-refractivity contribution >= 4 is 23.1 Å². The minimum atomic E-state index is -0.358. The highest BCUT2D eigenvalue weighted by molar-refractivity contribution is 6.08. The first kappa shape index (κ1) is 18.9. The molecule has 4 rings (SSSR count). The Morgan fingerprint density at radius 1 is 1.28 bits per heavy atom. The van der Waals surface area contributed by atoms with Gasteiger partial charge in [0.2, 0.25) is 5.91 Å². The van der Waals surface area contributed by atoms with E-state index >= 15 is 0 Å². The first-order chi connectivity index (χ1) is 13.9. The number of amides is 2. The summed E-state index contributed by atoms with van der Waals surface area (Å²) in [5, 5.41) is 5.59. The van der Waals surface area contributed by atoms with Crippen LogP contribution in [0, 0.1) is 5.92 Å². The van der Waals surface area contributed by atoms with Crippen LogP contribution in [0.5, 0.6) is 0 Å². The van der Waals surface area contributed by atoms with Crippen molar-refractivity contribution in [3.05, 3.63) is 64.2 Å². The van der Waals surface area contributed by atoms with Crippen molar-refractivity contribution in [3.63, 3.8) is 0 Å². The van der Waals surface area contributed by atoms with E-state index in [1.165, 1.54) is 16.8 Å². The number of carbonyl (C=O) groups is 2. The Hall–Kier alpha value is -3.42. The van der Waals surface area contributed by atoms with Crippen LogP contribution >= 0.6 is 0 Å². The van der Waals surface area contributed by atoms with Crippen molar-refractivity contribution in [2.45, 2.75) is 26.2 Å². The maximum absolute atomic E-state index is 12.7. The van der Waals surface area contributed by atoms with Crippen molar-refractivity contribution < 1.29 is 9.59 Å². The fraction of sp³-hybridized carbons (Fsp3) is 0.333. The van der Waals surface area contributed by atoms with Gasteiger partial charge in [0, 0.05) is 43.4 Å². The molecule has 8 nitrogen and oxygen atoms in total. The molecule has 1 aliphatic rings. The Bertz CT molecular complexity index is 1120. The van der Waals surface area contributed by atoms with Crippen LogP contribution in [0.4, 0.5) is 5.69 Å². The maximum atomic E-state index is 12.7. The molecule has 150 valence electrons. The molecule has 0 aliphatic carbocycles. The lowest BCUT2D eigenvalue weighted by Crippen LogP contribution is -2.29. The third-order valence-corrected chi connectivity index (χ3v) is 5.01. The first-order valence-corrected chi connectivity index (χ1v) is 9.67. The Labute approximate surface area is 167 Å². The predicted octanol–water partition coefficient (Wildman–Crippen LogP) is 2.25. The lowest BCUT2D eigenvalue weighted by atomic mass is 10.0. The SMILES string of the molecule is CC(C)CN1CC(c2cc(=O)n3[nH]cc(C(=O)Nc4ccccc4)c3n2)CC1=O. The smallest absolute Gasteiger partial charge is 0.272 e. The normalized spacial score (nSPS) is 16.7. The summed E-state index contributed by atoms with van der Waals surface area (Å²) < 4.78 is 1.24. The van der Waals surface area contributed by atoms with E-state index in [-0.39, 0.29) is 34.5 Å². The van der Waals surface area contributed by atoms with Crippen LogP contribution in [0.15, 0.2) is 47.4 Å². The molecule has 29 heavy (non-hydrogen) atoms. The van der Waals surface area contributed by atoms with E-state index in [9.17, 15) is 14.4 Å². The average molecular weight is 393 g/mol. The fourth-order valence-electron chi connectivity index (χ4n) is 3.68. The fourth-order valence-corrected chi connectivity index (χ4v) is 3.68. The van der Waals surface area contributed by atoms with Gasteiger partial charge in [-0.25, -0.2) is 9.50 Å². The van der Waals surface area contributed by atoms with Crippen LogP contribution in [0.2, 0.25) is 0 Å². The third kappa shape index (κ3) is 3.78. The molecule has 0 saturated carbocycles. The van der Waals surface area contributed by atoms with Gasteiger partial charge in [0.25, 0.3) is 11.5 Å². The van der Waals surface area contributed by atoms with Gasteiger partial charge in [-0.05, 0) is 18.1 Å². The zero-order valence-corrected chi connectivity index (χ0v) is 16.4. The number of carbonyl (C=O) groups excluding carboxylic acids is 2. The summed E-state index contributed by atoms with van der Waals surface area (Å²) in [4.78, 5) is 44.0. The van der Waals surface area contributed by atoms with Gasteiger partial charge in [-0.1, -0.05) is 32.0 Å².